The normalized spacial score (nSPS) is 18.4. The molecule has 4 rings (SSSR count). The first-order valence-electron chi connectivity index (χ1n) is 8.61. The topological polar surface area (TPSA) is 49.6 Å². The molecule has 0 unspecified atom stereocenters. The van der Waals surface area contributed by atoms with Gasteiger partial charge in [0.05, 0.1) is 5.92 Å². The molecule has 2 aromatic carbocycles. The average Bonchev–Trinajstić information content (AvgIpc) is 2.52. The van der Waals surface area contributed by atoms with Gasteiger partial charge in [-0.15, -0.1) is 0 Å². The van der Waals surface area contributed by atoms with Gasteiger partial charge in [-0.2, -0.15) is 0 Å². The minimum absolute atomic E-state index is 0.00933. The Bertz CT molecular complexity index is 636. The minimum Gasteiger partial charge on any atom is -0.371 e. The molecule has 0 atom stereocenters. The van der Waals surface area contributed by atoms with Crippen LogP contribution in [-0.2, 0) is 4.79 Å². The van der Waals surface area contributed by atoms with E-state index in [-0.39, 0.29) is 11.8 Å². The van der Waals surface area contributed by atoms with Gasteiger partial charge in [-0.25, -0.2) is 0 Å². The molecule has 4 heteroatoms. The predicted octanol–water partition coefficient (Wildman–Crippen LogP) is 2.36. The lowest BCUT2D eigenvalue weighted by Crippen LogP contribution is -2.61. The van der Waals surface area contributed by atoms with E-state index in [2.05, 4.69) is 58.3 Å². The van der Waals surface area contributed by atoms with Crippen molar-refractivity contribution in [3.05, 3.63) is 60.7 Å². The van der Waals surface area contributed by atoms with E-state index in [0.717, 1.165) is 26.2 Å². The van der Waals surface area contributed by atoms with Gasteiger partial charge in [-0.1, -0.05) is 36.4 Å². The molecule has 0 spiro atoms. The third-order valence-electron chi connectivity index (χ3n) is 5.41. The number of amides is 1. The fourth-order valence-corrected chi connectivity index (χ4v) is 4.03. The van der Waals surface area contributed by atoms with Crippen LogP contribution in [0.15, 0.2) is 60.7 Å². The Hall–Kier alpha value is -2.49. The molecule has 2 heterocycles. The van der Waals surface area contributed by atoms with Crippen LogP contribution in [0.3, 0.4) is 0 Å². The van der Waals surface area contributed by atoms with Gasteiger partial charge in [0.15, 0.2) is 0 Å². The van der Waals surface area contributed by atoms with Crippen LogP contribution in [0.2, 0.25) is 0 Å². The molecule has 2 fully saturated rings. The Morgan fingerprint density at radius 3 is 1.50 bits per heavy atom. The van der Waals surface area contributed by atoms with Gasteiger partial charge < -0.3 is 15.5 Å². The number of primary amides is 1. The van der Waals surface area contributed by atoms with E-state index in [9.17, 15) is 4.79 Å². The summed E-state index contributed by atoms with van der Waals surface area (Å²) in [6, 6.07) is 20.8. The number of benzene rings is 2. The van der Waals surface area contributed by atoms with E-state index in [1.165, 1.54) is 11.4 Å². The Morgan fingerprint density at radius 1 is 0.792 bits per heavy atom. The molecule has 2 N–H and O–H groups in total. The molecule has 2 saturated heterocycles. The van der Waals surface area contributed by atoms with Crippen molar-refractivity contribution in [2.24, 2.45) is 23.5 Å². The van der Waals surface area contributed by atoms with Gasteiger partial charge in [0, 0.05) is 49.4 Å². The van der Waals surface area contributed by atoms with Crippen LogP contribution in [0.25, 0.3) is 0 Å². The Kier molecular flexibility index (Phi) is 3.89. The van der Waals surface area contributed by atoms with Crippen LogP contribution in [-0.4, -0.2) is 32.1 Å². The van der Waals surface area contributed by atoms with Gasteiger partial charge in [-0.05, 0) is 24.3 Å². The second-order valence-corrected chi connectivity index (χ2v) is 6.93. The largest absolute Gasteiger partial charge is 0.371 e. The summed E-state index contributed by atoms with van der Waals surface area (Å²) < 4.78 is 0. The van der Waals surface area contributed by atoms with Crippen LogP contribution in [0, 0.1) is 17.8 Å². The maximum absolute atomic E-state index is 12.0. The zero-order valence-electron chi connectivity index (χ0n) is 13.7. The van der Waals surface area contributed by atoms with Gasteiger partial charge in [0.2, 0.25) is 5.91 Å². The predicted molar refractivity (Wildman–Crippen MR) is 97.0 cm³/mol. The summed E-state index contributed by atoms with van der Waals surface area (Å²) in [7, 11) is 0. The molecule has 0 saturated carbocycles. The molecule has 0 radical (unpaired) electrons. The zero-order valence-corrected chi connectivity index (χ0v) is 13.7. The third-order valence-corrected chi connectivity index (χ3v) is 5.41. The molecule has 0 aromatic heterocycles. The molecule has 2 aliphatic heterocycles. The van der Waals surface area contributed by atoms with E-state index in [1.807, 2.05) is 12.1 Å². The van der Waals surface area contributed by atoms with Crippen molar-refractivity contribution in [2.75, 3.05) is 36.0 Å². The summed E-state index contributed by atoms with van der Waals surface area (Å²) in [5, 5.41) is 0. The lowest BCUT2D eigenvalue weighted by Gasteiger charge is -2.51. The Balaban J connectivity index is 1.36. The molecular formula is C20H23N3O. The number of carbonyl (C=O) groups excluding carboxylic acids is 1. The summed E-state index contributed by atoms with van der Waals surface area (Å²) in [5.74, 6) is 0.617. The van der Waals surface area contributed by atoms with Gasteiger partial charge >= 0.3 is 0 Å². The van der Waals surface area contributed by atoms with E-state index in [4.69, 9.17) is 5.73 Å². The minimum atomic E-state index is -0.134. The molecule has 0 aliphatic carbocycles. The molecule has 4 nitrogen and oxygen atoms in total. The van der Waals surface area contributed by atoms with Gasteiger partial charge in [0.1, 0.15) is 0 Å². The number of nitrogens with zero attached hydrogens (tertiary/aromatic N) is 2. The lowest BCUT2D eigenvalue weighted by atomic mass is 9.73. The van der Waals surface area contributed by atoms with Crippen molar-refractivity contribution in [3.8, 4) is 0 Å². The number of hydrogen-bond donors (Lipinski definition) is 1. The summed E-state index contributed by atoms with van der Waals surface area (Å²) in [4.78, 5) is 16.7. The number of nitrogens with two attached hydrogens (primary N) is 1. The fraction of sp³-hybridized carbons (Fsp3) is 0.350. The molecule has 2 aromatic rings. The number of hydrogen-bond acceptors (Lipinski definition) is 3. The maximum atomic E-state index is 12.0. The van der Waals surface area contributed by atoms with Crippen molar-refractivity contribution in [3.63, 3.8) is 0 Å². The van der Waals surface area contributed by atoms with Crippen molar-refractivity contribution < 1.29 is 4.79 Å². The van der Waals surface area contributed by atoms with Crippen LogP contribution in [0.5, 0.6) is 0 Å². The smallest absolute Gasteiger partial charge is 0.221 e. The highest BCUT2D eigenvalue weighted by molar-refractivity contribution is 5.78. The summed E-state index contributed by atoms with van der Waals surface area (Å²) >= 11 is 0. The Morgan fingerprint density at radius 2 is 1.17 bits per heavy atom. The second kappa shape index (κ2) is 6.19. The summed E-state index contributed by atoms with van der Waals surface area (Å²) in [6.07, 6.45) is 0. The quantitative estimate of drug-likeness (QED) is 0.920. The van der Waals surface area contributed by atoms with E-state index >= 15 is 0 Å². The van der Waals surface area contributed by atoms with Crippen molar-refractivity contribution in [2.45, 2.75) is 0 Å². The highest BCUT2D eigenvalue weighted by Gasteiger charge is 2.45. The standard InChI is InChI=1S/C20H23N3O/c21-20(24)19(15-11-22(12-15)17-7-3-1-4-8-17)16-13-23(14-16)18-9-5-2-6-10-18/h1-10,15-16,19H,11-14H2,(H2,21,24). The first-order chi connectivity index (χ1) is 11.7. The van der Waals surface area contributed by atoms with Gasteiger partial charge in [-0.3, -0.25) is 4.79 Å². The van der Waals surface area contributed by atoms with Gasteiger partial charge in [0.25, 0.3) is 0 Å². The first kappa shape index (κ1) is 15.1. The van der Waals surface area contributed by atoms with E-state index in [0.29, 0.717) is 11.8 Å². The van der Waals surface area contributed by atoms with E-state index in [1.54, 1.807) is 0 Å². The highest BCUT2D eigenvalue weighted by Crippen LogP contribution is 2.37. The molecular weight excluding hydrogens is 298 g/mol. The first-order valence-corrected chi connectivity index (χ1v) is 8.61. The molecule has 124 valence electrons. The molecule has 1 amide bonds. The summed E-state index contributed by atoms with van der Waals surface area (Å²) in [6.45, 7) is 3.72. The number of anilines is 2. The molecule has 2 aliphatic rings. The number of carbonyl (C=O) groups is 1. The zero-order chi connectivity index (χ0) is 16.5. The second-order valence-electron chi connectivity index (χ2n) is 6.93. The summed E-state index contributed by atoms with van der Waals surface area (Å²) in [5.41, 5.74) is 8.22. The molecule has 24 heavy (non-hydrogen) atoms. The number of para-hydroxylation sites is 2. The van der Waals surface area contributed by atoms with E-state index < -0.39 is 0 Å². The highest BCUT2D eigenvalue weighted by atomic mass is 16.1. The van der Waals surface area contributed by atoms with Crippen LogP contribution < -0.4 is 15.5 Å². The van der Waals surface area contributed by atoms with Crippen LogP contribution in [0.1, 0.15) is 0 Å². The SMILES string of the molecule is NC(=O)C(C1CN(c2ccccc2)C1)C1CN(c2ccccc2)C1. The maximum Gasteiger partial charge on any atom is 0.221 e. The van der Waals surface area contributed by atoms with Crippen LogP contribution >= 0.6 is 0 Å². The van der Waals surface area contributed by atoms with Crippen molar-refractivity contribution in [1.82, 2.24) is 0 Å². The third kappa shape index (κ3) is 2.73. The van der Waals surface area contributed by atoms with Crippen molar-refractivity contribution >= 4 is 17.3 Å². The monoisotopic (exact) mass is 321 g/mol. The van der Waals surface area contributed by atoms with Crippen molar-refractivity contribution in [1.29, 1.82) is 0 Å². The average molecular weight is 321 g/mol. The van der Waals surface area contributed by atoms with Crippen LogP contribution in [0.4, 0.5) is 11.4 Å². The fourth-order valence-electron chi connectivity index (χ4n) is 4.03. The Labute approximate surface area is 142 Å². The number of rotatable bonds is 5. The molecule has 0 bridgehead atoms. The lowest BCUT2D eigenvalue weighted by molar-refractivity contribution is -0.126.